The van der Waals surface area contributed by atoms with Gasteiger partial charge in [0.1, 0.15) is 0 Å². The fourth-order valence-electron chi connectivity index (χ4n) is 1.92. The number of nitrogens with two attached hydrogens (primary N) is 1. The van der Waals surface area contributed by atoms with E-state index in [0.717, 1.165) is 21.1 Å². The van der Waals surface area contributed by atoms with Crippen molar-refractivity contribution < 1.29 is 9.53 Å². The van der Waals surface area contributed by atoms with E-state index >= 15 is 0 Å². The lowest BCUT2D eigenvalue weighted by Gasteiger charge is -2.06. The molecule has 0 fully saturated rings. The Morgan fingerprint density at radius 1 is 1.61 bits per heavy atom. The average molecular weight is 312 g/mol. The third-order valence-corrected chi connectivity index (χ3v) is 3.08. The predicted molar refractivity (Wildman–Crippen MR) is 72.5 cm³/mol. The Morgan fingerprint density at radius 2 is 2.33 bits per heavy atom. The number of hydrogen-bond acceptors (Lipinski definition) is 4. The SMILES string of the molecule is COC(=O)c1cc(Br)cc2n[nH]c(CC(C)N)c12. The molecule has 0 aliphatic heterocycles. The van der Waals surface area contributed by atoms with E-state index in [-0.39, 0.29) is 12.0 Å². The maximum absolute atomic E-state index is 11.8. The van der Waals surface area contributed by atoms with Gasteiger partial charge in [-0.2, -0.15) is 5.10 Å². The molecule has 1 aromatic heterocycles. The van der Waals surface area contributed by atoms with Gasteiger partial charge in [0, 0.05) is 28.0 Å². The van der Waals surface area contributed by atoms with E-state index in [0.29, 0.717) is 12.0 Å². The number of rotatable bonds is 3. The van der Waals surface area contributed by atoms with Crippen molar-refractivity contribution in [1.82, 2.24) is 10.2 Å². The maximum atomic E-state index is 11.8. The van der Waals surface area contributed by atoms with Gasteiger partial charge in [0.2, 0.25) is 0 Å². The first-order valence-corrected chi connectivity index (χ1v) is 6.32. The van der Waals surface area contributed by atoms with Gasteiger partial charge in [0.05, 0.1) is 18.2 Å². The second-order valence-corrected chi connectivity index (χ2v) is 5.14. The number of halogens is 1. The Bertz CT molecular complexity index is 592. The molecular formula is C12H14BrN3O2. The molecule has 0 saturated heterocycles. The minimum atomic E-state index is -0.381. The van der Waals surface area contributed by atoms with E-state index in [1.807, 2.05) is 13.0 Å². The van der Waals surface area contributed by atoms with Gasteiger partial charge in [-0.15, -0.1) is 0 Å². The van der Waals surface area contributed by atoms with E-state index in [2.05, 4.69) is 26.1 Å². The van der Waals surface area contributed by atoms with Crippen LogP contribution < -0.4 is 5.73 Å². The third kappa shape index (κ3) is 2.39. The summed E-state index contributed by atoms with van der Waals surface area (Å²) in [5, 5.41) is 7.90. The summed E-state index contributed by atoms with van der Waals surface area (Å²) in [5.41, 5.74) is 7.86. The van der Waals surface area contributed by atoms with Gasteiger partial charge in [-0.1, -0.05) is 15.9 Å². The molecule has 1 unspecified atom stereocenters. The Hall–Kier alpha value is -1.40. The molecule has 1 atom stereocenters. The van der Waals surface area contributed by atoms with Gasteiger partial charge in [-0.25, -0.2) is 4.79 Å². The summed E-state index contributed by atoms with van der Waals surface area (Å²) in [6, 6.07) is 3.57. The first-order valence-electron chi connectivity index (χ1n) is 5.53. The summed E-state index contributed by atoms with van der Waals surface area (Å²) in [4.78, 5) is 11.8. The zero-order valence-electron chi connectivity index (χ0n) is 10.2. The highest BCUT2D eigenvalue weighted by atomic mass is 79.9. The number of nitrogens with one attached hydrogen (secondary N) is 1. The molecule has 18 heavy (non-hydrogen) atoms. The van der Waals surface area contributed by atoms with Gasteiger partial charge in [0.15, 0.2) is 0 Å². The number of hydrogen-bond donors (Lipinski definition) is 2. The largest absolute Gasteiger partial charge is 0.465 e. The van der Waals surface area contributed by atoms with Crippen molar-refractivity contribution in [3.63, 3.8) is 0 Å². The highest BCUT2D eigenvalue weighted by Crippen LogP contribution is 2.26. The first kappa shape index (κ1) is 13.0. The number of carbonyl (C=O) groups is 1. The Balaban J connectivity index is 2.65. The monoisotopic (exact) mass is 311 g/mol. The number of carbonyl (C=O) groups excluding carboxylic acids is 1. The van der Waals surface area contributed by atoms with E-state index in [9.17, 15) is 4.79 Å². The van der Waals surface area contributed by atoms with Crippen molar-refractivity contribution in [2.24, 2.45) is 5.73 Å². The molecular weight excluding hydrogens is 298 g/mol. The van der Waals surface area contributed by atoms with Crippen LogP contribution in [0.2, 0.25) is 0 Å². The van der Waals surface area contributed by atoms with Crippen molar-refractivity contribution in [3.05, 3.63) is 27.9 Å². The van der Waals surface area contributed by atoms with Crippen LogP contribution in [0.25, 0.3) is 10.9 Å². The molecule has 0 spiro atoms. The van der Waals surface area contributed by atoms with Crippen LogP contribution in [0, 0.1) is 0 Å². The van der Waals surface area contributed by atoms with Crippen LogP contribution in [-0.2, 0) is 11.2 Å². The molecule has 1 aromatic carbocycles. The lowest BCUT2D eigenvalue weighted by Crippen LogP contribution is -2.18. The number of fused-ring (bicyclic) bond motifs is 1. The quantitative estimate of drug-likeness (QED) is 0.850. The maximum Gasteiger partial charge on any atom is 0.338 e. The molecule has 5 nitrogen and oxygen atoms in total. The summed E-state index contributed by atoms with van der Waals surface area (Å²) in [6.45, 7) is 1.91. The minimum absolute atomic E-state index is 0.0113. The van der Waals surface area contributed by atoms with Gasteiger partial charge in [-0.05, 0) is 19.1 Å². The van der Waals surface area contributed by atoms with E-state index in [4.69, 9.17) is 10.5 Å². The van der Waals surface area contributed by atoms with Crippen molar-refractivity contribution in [2.75, 3.05) is 7.11 Å². The fraction of sp³-hybridized carbons (Fsp3) is 0.333. The normalized spacial score (nSPS) is 12.7. The molecule has 0 saturated carbocycles. The van der Waals surface area contributed by atoms with Crippen LogP contribution in [0.3, 0.4) is 0 Å². The molecule has 0 aliphatic carbocycles. The van der Waals surface area contributed by atoms with Crippen molar-refractivity contribution in [3.8, 4) is 0 Å². The molecule has 0 bridgehead atoms. The zero-order valence-corrected chi connectivity index (χ0v) is 11.7. The van der Waals surface area contributed by atoms with Gasteiger partial charge in [0.25, 0.3) is 0 Å². The number of aromatic nitrogens is 2. The van der Waals surface area contributed by atoms with Gasteiger partial charge in [-0.3, -0.25) is 5.10 Å². The molecule has 96 valence electrons. The summed E-state index contributed by atoms with van der Waals surface area (Å²) in [5.74, 6) is -0.381. The number of nitrogens with zero attached hydrogens (tertiary/aromatic N) is 1. The zero-order chi connectivity index (χ0) is 13.3. The van der Waals surface area contributed by atoms with Crippen LogP contribution >= 0.6 is 15.9 Å². The van der Waals surface area contributed by atoms with E-state index in [1.54, 1.807) is 6.07 Å². The number of aromatic amines is 1. The number of H-pyrrole nitrogens is 1. The van der Waals surface area contributed by atoms with Gasteiger partial charge >= 0.3 is 5.97 Å². The summed E-state index contributed by atoms with van der Waals surface area (Å²) in [6.07, 6.45) is 0.627. The molecule has 6 heteroatoms. The second kappa shape index (κ2) is 5.07. The van der Waals surface area contributed by atoms with Crippen LogP contribution in [0.4, 0.5) is 0 Å². The Kier molecular flexibility index (Phi) is 3.68. The number of esters is 1. The van der Waals surface area contributed by atoms with Crippen molar-refractivity contribution in [1.29, 1.82) is 0 Å². The molecule has 2 rings (SSSR count). The number of benzene rings is 1. The van der Waals surface area contributed by atoms with Gasteiger partial charge < -0.3 is 10.5 Å². The van der Waals surface area contributed by atoms with Crippen molar-refractivity contribution >= 4 is 32.8 Å². The summed E-state index contributed by atoms with van der Waals surface area (Å²) >= 11 is 3.35. The van der Waals surface area contributed by atoms with E-state index < -0.39 is 0 Å². The van der Waals surface area contributed by atoms with E-state index in [1.165, 1.54) is 7.11 Å². The standard InChI is InChI=1S/C12H14BrN3O2/c1-6(14)3-9-11-8(12(17)18-2)4-7(13)5-10(11)16-15-9/h4-6H,3,14H2,1-2H3,(H,15,16). The molecule has 2 aromatic rings. The predicted octanol–water partition coefficient (Wildman–Crippen LogP) is 2.00. The summed E-state index contributed by atoms with van der Waals surface area (Å²) < 4.78 is 5.58. The van der Waals surface area contributed by atoms with Crippen LogP contribution in [0.15, 0.2) is 16.6 Å². The summed E-state index contributed by atoms with van der Waals surface area (Å²) in [7, 11) is 1.36. The minimum Gasteiger partial charge on any atom is -0.465 e. The lowest BCUT2D eigenvalue weighted by atomic mass is 10.0. The fourth-order valence-corrected chi connectivity index (χ4v) is 2.37. The lowest BCUT2D eigenvalue weighted by molar-refractivity contribution is 0.0603. The second-order valence-electron chi connectivity index (χ2n) is 4.22. The van der Waals surface area contributed by atoms with Crippen LogP contribution in [0.5, 0.6) is 0 Å². The molecule has 0 aliphatic rings. The first-order chi connectivity index (χ1) is 8.52. The van der Waals surface area contributed by atoms with Crippen molar-refractivity contribution in [2.45, 2.75) is 19.4 Å². The Morgan fingerprint density at radius 3 is 2.94 bits per heavy atom. The van der Waals surface area contributed by atoms with Crippen LogP contribution in [0.1, 0.15) is 23.0 Å². The highest BCUT2D eigenvalue weighted by Gasteiger charge is 2.17. The van der Waals surface area contributed by atoms with Crippen LogP contribution in [-0.4, -0.2) is 29.3 Å². The average Bonchev–Trinajstić information content (AvgIpc) is 2.69. The molecule has 0 amide bonds. The Labute approximate surface area is 113 Å². The highest BCUT2D eigenvalue weighted by molar-refractivity contribution is 9.10. The topological polar surface area (TPSA) is 81.0 Å². The smallest absolute Gasteiger partial charge is 0.338 e. The molecule has 3 N–H and O–H groups in total. The number of ether oxygens (including phenoxy) is 1. The molecule has 1 heterocycles. The number of methoxy groups -OCH3 is 1. The molecule has 0 radical (unpaired) electrons. The third-order valence-electron chi connectivity index (χ3n) is 2.63.